The van der Waals surface area contributed by atoms with E-state index in [1.54, 1.807) is 14.2 Å². The number of ether oxygens (including phenoxy) is 2. The third-order valence-corrected chi connectivity index (χ3v) is 5.59. The van der Waals surface area contributed by atoms with Crippen LogP contribution >= 0.6 is 23.1 Å². The number of anilines is 1. The minimum absolute atomic E-state index is 0.0752. The molecule has 1 N–H and O–H groups in total. The second-order valence-corrected chi connectivity index (χ2v) is 7.66. The molecule has 0 bridgehead atoms. The minimum Gasteiger partial charge on any atom is -0.493 e. The summed E-state index contributed by atoms with van der Waals surface area (Å²) in [4.78, 5) is 17.7. The highest BCUT2D eigenvalue weighted by Crippen LogP contribution is 2.33. The third-order valence-electron chi connectivity index (χ3n) is 3.82. The topological polar surface area (TPSA) is 60.5 Å². The summed E-state index contributed by atoms with van der Waals surface area (Å²) in [5.74, 6) is 1.57. The molecule has 0 spiro atoms. The Bertz CT molecular complexity index is 923. The molecule has 3 aromatic rings. The van der Waals surface area contributed by atoms with Crippen LogP contribution in [0.4, 0.5) is 5.13 Å². The van der Waals surface area contributed by atoms with Gasteiger partial charge in [0.2, 0.25) is 5.91 Å². The summed E-state index contributed by atoms with van der Waals surface area (Å²) in [6.07, 6.45) is 0. The first-order valence-corrected chi connectivity index (χ1v) is 10.1. The first-order chi connectivity index (χ1) is 13.1. The van der Waals surface area contributed by atoms with Crippen LogP contribution < -0.4 is 14.8 Å². The van der Waals surface area contributed by atoms with Gasteiger partial charge in [0.05, 0.1) is 25.7 Å². The molecule has 1 amide bonds. The predicted octanol–water partition coefficient (Wildman–Crippen LogP) is 4.87. The number of hydrogen-bond acceptors (Lipinski definition) is 6. The van der Waals surface area contributed by atoms with Crippen LogP contribution in [0.25, 0.3) is 11.3 Å². The van der Waals surface area contributed by atoms with Crippen molar-refractivity contribution >= 4 is 34.1 Å². The van der Waals surface area contributed by atoms with Crippen molar-refractivity contribution in [3.05, 3.63) is 53.4 Å². The third kappa shape index (κ3) is 5.02. The number of aryl methyl sites for hydroxylation is 1. The first-order valence-electron chi connectivity index (χ1n) is 8.26. The number of carbonyl (C=O) groups excluding carboxylic acids is 1. The molecular formula is C20H20N2O3S2. The van der Waals surface area contributed by atoms with Gasteiger partial charge in [-0.25, -0.2) is 4.98 Å². The van der Waals surface area contributed by atoms with Crippen LogP contribution in [-0.4, -0.2) is 30.9 Å². The van der Waals surface area contributed by atoms with Crippen LogP contribution in [0, 0.1) is 6.92 Å². The standard InChI is InChI=1S/C20H20N2O3S2/c1-13-4-7-15(8-5-13)26-12-19(23)22-20-21-16(11-27-20)14-6-9-17(24-2)18(10-14)25-3/h4-11H,12H2,1-3H3,(H,21,22,23). The van der Waals surface area contributed by atoms with Crippen molar-refractivity contribution in [3.63, 3.8) is 0 Å². The summed E-state index contributed by atoms with van der Waals surface area (Å²) in [5.41, 5.74) is 2.88. The number of benzene rings is 2. The van der Waals surface area contributed by atoms with Crippen LogP contribution in [0.2, 0.25) is 0 Å². The Morgan fingerprint density at radius 2 is 1.85 bits per heavy atom. The number of amides is 1. The van der Waals surface area contributed by atoms with Crippen LogP contribution in [0.15, 0.2) is 52.7 Å². The molecule has 27 heavy (non-hydrogen) atoms. The molecule has 1 heterocycles. The van der Waals surface area contributed by atoms with Gasteiger partial charge in [0.1, 0.15) is 0 Å². The van der Waals surface area contributed by atoms with Crippen LogP contribution in [0.5, 0.6) is 11.5 Å². The van der Waals surface area contributed by atoms with Crippen molar-refractivity contribution in [3.8, 4) is 22.8 Å². The van der Waals surface area contributed by atoms with E-state index in [2.05, 4.69) is 10.3 Å². The molecule has 0 fully saturated rings. The van der Waals surface area contributed by atoms with Crippen molar-refractivity contribution in [2.24, 2.45) is 0 Å². The molecule has 0 saturated carbocycles. The molecule has 0 aliphatic rings. The summed E-state index contributed by atoms with van der Waals surface area (Å²) in [6.45, 7) is 2.04. The van der Waals surface area contributed by atoms with E-state index in [0.717, 1.165) is 16.2 Å². The normalized spacial score (nSPS) is 10.5. The fourth-order valence-corrected chi connectivity index (χ4v) is 3.83. The fourth-order valence-electron chi connectivity index (χ4n) is 2.40. The van der Waals surface area contributed by atoms with E-state index in [9.17, 15) is 4.79 Å². The Morgan fingerprint density at radius 3 is 2.56 bits per heavy atom. The number of hydrogen-bond donors (Lipinski definition) is 1. The predicted molar refractivity (Wildman–Crippen MR) is 111 cm³/mol. The number of thioether (sulfide) groups is 1. The molecule has 7 heteroatoms. The van der Waals surface area contributed by atoms with Gasteiger partial charge in [0, 0.05) is 15.8 Å². The van der Waals surface area contributed by atoms with Gasteiger partial charge in [-0.2, -0.15) is 0 Å². The lowest BCUT2D eigenvalue weighted by molar-refractivity contribution is -0.113. The van der Waals surface area contributed by atoms with E-state index >= 15 is 0 Å². The van der Waals surface area contributed by atoms with E-state index < -0.39 is 0 Å². The molecule has 140 valence electrons. The van der Waals surface area contributed by atoms with Crippen LogP contribution in [0.3, 0.4) is 0 Å². The maximum Gasteiger partial charge on any atom is 0.236 e. The zero-order valence-corrected chi connectivity index (χ0v) is 16.9. The van der Waals surface area contributed by atoms with E-state index in [1.165, 1.54) is 28.7 Å². The van der Waals surface area contributed by atoms with Crippen molar-refractivity contribution in [2.75, 3.05) is 25.3 Å². The number of thiazole rings is 1. The Labute approximate surface area is 166 Å². The number of aromatic nitrogens is 1. The number of nitrogens with one attached hydrogen (secondary N) is 1. The summed E-state index contributed by atoms with van der Waals surface area (Å²) in [6, 6.07) is 13.7. The smallest absolute Gasteiger partial charge is 0.236 e. The average molecular weight is 401 g/mol. The molecule has 1 aromatic heterocycles. The van der Waals surface area contributed by atoms with Gasteiger partial charge >= 0.3 is 0 Å². The molecule has 0 aliphatic heterocycles. The van der Waals surface area contributed by atoms with Crippen LogP contribution in [0.1, 0.15) is 5.56 Å². The highest BCUT2D eigenvalue weighted by Gasteiger charge is 2.11. The monoisotopic (exact) mass is 400 g/mol. The molecule has 2 aromatic carbocycles. The lowest BCUT2D eigenvalue weighted by Gasteiger charge is -2.08. The highest BCUT2D eigenvalue weighted by molar-refractivity contribution is 8.00. The molecular weight excluding hydrogens is 380 g/mol. The largest absolute Gasteiger partial charge is 0.493 e. The maximum atomic E-state index is 12.2. The highest BCUT2D eigenvalue weighted by atomic mass is 32.2. The van der Waals surface area contributed by atoms with E-state index in [0.29, 0.717) is 22.4 Å². The number of rotatable bonds is 7. The van der Waals surface area contributed by atoms with Gasteiger partial charge < -0.3 is 14.8 Å². The second-order valence-electron chi connectivity index (χ2n) is 5.76. The zero-order valence-electron chi connectivity index (χ0n) is 15.3. The SMILES string of the molecule is COc1ccc(-c2csc(NC(=O)CSc3ccc(C)cc3)n2)cc1OC. The maximum absolute atomic E-state index is 12.2. The molecule has 0 radical (unpaired) electrons. The van der Waals surface area contributed by atoms with Gasteiger partial charge in [-0.15, -0.1) is 23.1 Å². The minimum atomic E-state index is -0.0752. The summed E-state index contributed by atoms with van der Waals surface area (Å²) in [5, 5.41) is 5.34. The van der Waals surface area contributed by atoms with Gasteiger partial charge in [-0.3, -0.25) is 4.79 Å². The first kappa shape index (κ1) is 19.3. The van der Waals surface area contributed by atoms with Crippen molar-refractivity contribution in [1.29, 1.82) is 0 Å². The van der Waals surface area contributed by atoms with Crippen molar-refractivity contribution in [2.45, 2.75) is 11.8 Å². The van der Waals surface area contributed by atoms with Crippen molar-refractivity contribution in [1.82, 2.24) is 4.98 Å². The van der Waals surface area contributed by atoms with Crippen LogP contribution in [-0.2, 0) is 4.79 Å². The number of methoxy groups -OCH3 is 2. The fraction of sp³-hybridized carbons (Fsp3) is 0.200. The summed E-state index contributed by atoms with van der Waals surface area (Å²) >= 11 is 2.90. The lowest BCUT2D eigenvalue weighted by Crippen LogP contribution is -2.13. The summed E-state index contributed by atoms with van der Waals surface area (Å²) < 4.78 is 10.6. The van der Waals surface area contributed by atoms with E-state index in [1.807, 2.05) is 54.8 Å². The Hall–Kier alpha value is -2.51. The molecule has 0 aliphatic carbocycles. The Morgan fingerprint density at radius 1 is 1.11 bits per heavy atom. The van der Waals surface area contributed by atoms with Gasteiger partial charge in [-0.1, -0.05) is 17.7 Å². The summed E-state index contributed by atoms with van der Waals surface area (Å²) in [7, 11) is 3.20. The van der Waals surface area contributed by atoms with Gasteiger partial charge in [0.15, 0.2) is 16.6 Å². The van der Waals surface area contributed by atoms with Gasteiger partial charge in [0.25, 0.3) is 0 Å². The van der Waals surface area contributed by atoms with E-state index in [4.69, 9.17) is 9.47 Å². The zero-order chi connectivity index (χ0) is 19.2. The molecule has 0 atom stereocenters. The quantitative estimate of drug-likeness (QED) is 0.574. The molecule has 0 saturated heterocycles. The van der Waals surface area contributed by atoms with E-state index in [-0.39, 0.29) is 5.91 Å². The molecule has 5 nitrogen and oxygen atoms in total. The van der Waals surface area contributed by atoms with Gasteiger partial charge in [-0.05, 0) is 37.3 Å². The van der Waals surface area contributed by atoms with Crippen molar-refractivity contribution < 1.29 is 14.3 Å². The molecule has 0 unspecified atom stereocenters. The number of nitrogens with zero attached hydrogens (tertiary/aromatic N) is 1. The average Bonchev–Trinajstić information content (AvgIpc) is 3.15. The Balaban J connectivity index is 1.62. The lowest BCUT2D eigenvalue weighted by atomic mass is 10.1. The number of carbonyl (C=O) groups is 1. The second kappa shape index (κ2) is 8.92. The Kier molecular flexibility index (Phi) is 6.36. The molecule has 3 rings (SSSR count).